The monoisotopic (exact) mass is 301 g/mol. The summed E-state index contributed by atoms with van der Waals surface area (Å²) in [5.41, 5.74) is 1.29. The van der Waals surface area contributed by atoms with Crippen LogP contribution in [0.4, 0.5) is 13.9 Å². The first-order valence-corrected chi connectivity index (χ1v) is 12.1. The van der Waals surface area contributed by atoms with Crippen molar-refractivity contribution in [3.8, 4) is 0 Å². The quantitative estimate of drug-likeness (QED) is 0.526. The molecule has 19 heavy (non-hydrogen) atoms. The molecule has 1 unspecified atom stereocenters. The molecule has 1 aromatic carbocycles. The Morgan fingerprint density at radius 1 is 1.11 bits per heavy atom. The van der Waals surface area contributed by atoms with Crippen LogP contribution in [0.3, 0.4) is 0 Å². The standard InChI is InChI=1S/C14H25F2NSi2/c1-7-13(3)19(15,16)17(18(4,5)6)14-10-8-12(2)9-11-14/h8-11,13H,7H2,1-6H3. The van der Waals surface area contributed by atoms with Crippen molar-refractivity contribution in [2.75, 3.05) is 4.23 Å². The van der Waals surface area contributed by atoms with Crippen molar-refractivity contribution >= 4 is 22.8 Å². The molecule has 0 bridgehead atoms. The number of halogens is 2. The van der Waals surface area contributed by atoms with Gasteiger partial charge < -0.3 is 4.23 Å². The van der Waals surface area contributed by atoms with Crippen molar-refractivity contribution in [1.29, 1.82) is 0 Å². The second kappa shape index (κ2) is 5.75. The van der Waals surface area contributed by atoms with E-state index in [2.05, 4.69) is 0 Å². The van der Waals surface area contributed by atoms with Crippen LogP contribution in [0.1, 0.15) is 25.8 Å². The number of hydrogen-bond acceptors (Lipinski definition) is 1. The Morgan fingerprint density at radius 3 is 1.95 bits per heavy atom. The van der Waals surface area contributed by atoms with Crippen LogP contribution in [-0.2, 0) is 0 Å². The molecule has 0 spiro atoms. The molecule has 0 aliphatic heterocycles. The lowest BCUT2D eigenvalue weighted by Crippen LogP contribution is -2.61. The van der Waals surface area contributed by atoms with Gasteiger partial charge in [0.2, 0.25) is 0 Å². The highest BCUT2D eigenvalue weighted by Gasteiger charge is 2.52. The minimum atomic E-state index is -4.43. The number of aryl methyl sites for hydroxylation is 1. The van der Waals surface area contributed by atoms with Gasteiger partial charge in [-0.05, 0) is 25.5 Å². The number of rotatable bonds is 5. The first kappa shape index (κ1) is 16.4. The zero-order chi connectivity index (χ0) is 14.8. The topological polar surface area (TPSA) is 3.24 Å². The van der Waals surface area contributed by atoms with Gasteiger partial charge in [-0.2, -0.15) is 0 Å². The van der Waals surface area contributed by atoms with E-state index in [1.165, 1.54) is 4.23 Å². The van der Waals surface area contributed by atoms with Crippen LogP contribution in [0.25, 0.3) is 0 Å². The van der Waals surface area contributed by atoms with Crippen LogP contribution in [0.5, 0.6) is 0 Å². The average molecular weight is 302 g/mol. The van der Waals surface area contributed by atoms with Gasteiger partial charge in [-0.3, -0.25) is 0 Å². The van der Waals surface area contributed by atoms with Gasteiger partial charge >= 0.3 is 8.90 Å². The Balaban J connectivity index is 3.27. The van der Waals surface area contributed by atoms with Crippen molar-refractivity contribution in [2.45, 2.75) is 52.4 Å². The van der Waals surface area contributed by atoms with E-state index < -0.39 is 22.7 Å². The van der Waals surface area contributed by atoms with Gasteiger partial charge in [0.05, 0.1) is 0 Å². The van der Waals surface area contributed by atoms with Crippen molar-refractivity contribution in [3.63, 3.8) is 0 Å². The lowest BCUT2D eigenvalue weighted by atomic mass is 10.2. The minimum Gasteiger partial charge on any atom is -0.376 e. The van der Waals surface area contributed by atoms with Gasteiger partial charge in [0, 0.05) is 11.2 Å². The largest absolute Gasteiger partial charge is 0.531 e. The molecular weight excluding hydrogens is 276 g/mol. The second-order valence-corrected chi connectivity index (χ2v) is 14.1. The second-order valence-electron chi connectivity index (χ2n) is 6.24. The van der Waals surface area contributed by atoms with E-state index in [9.17, 15) is 8.22 Å². The molecule has 0 radical (unpaired) electrons. The van der Waals surface area contributed by atoms with Crippen LogP contribution in [0, 0.1) is 6.92 Å². The molecule has 0 fully saturated rings. The fourth-order valence-corrected chi connectivity index (χ4v) is 8.75. The fourth-order valence-electron chi connectivity index (χ4n) is 2.17. The summed E-state index contributed by atoms with van der Waals surface area (Å²) in [4.78, 5) is 0. The SMILES string of the molecule is CCC(C)[Si](F)(F)N(c1ccc(C)cc1)[Si](C)(C)C. The van der Waals surface area contributed by atoms with Crippen molar-refractivity contribution in [1.82, 2.24) is 0 Å². The highest BCUT2D eigenvalue weighted by Crippen LogP contribution is 2.38. The first-order chi connectivity index (χ1) is 8.60. The minimum absolute atomic E-state index is 0.513. The van der Waals surface area contributed by atoms with Crippen LogP contribution in [0.2, 0.25) is 25.2 Å². The number of hydrogen-bond donors (Lipinski definition) is 0. The van der Waals surface area contributed by atoms with E-state index in [1.807, 2.05) is 57.8 Å². The lowest BCUT2D eigenvalue weighted by Gasteiger charge is -2.42. The molecular formula is C14H25F2NSi2. The average Bonchev–Trinajstić information content (AvgIpc) is 2.28. The highest BCUT2D eigenvalue weighted by atomic mass is 28.5. The molecule has 1 aromatic rings. The third-order valence-electron chi connectivity index (χ3n) is 3.47. The Hall–Kier alpha value is -0.686. The predicted octanol–water partition coefficient (Wildman–Crippen LogP) is 5.31. The van der Waals surface area contributed by atoms with Gasteiger partial charge in [-0.25, -0.2) is 8.22 Å². The molecule has 108 valence electrons. The molecule has 0 aliphatic rings. The van der Waals surface area contributed by atoms with E-state index in [0.29, 0.717) is 12.1 Å². The van der Waals surface area contributed by atoms with Crippen molar-refractivity contribution < 1.29 is 8.22 Å². The van der Waals surface area contributed by atoms with Crippen molar-refractivity contribution in [2.24, 2.45) is 0 Å². The molecule has 0 heterocycles. The van der Waals surface area contributed by atoms with E-state index >= 15 is 0 Å². The summed E-state index contributed by atoms with van der Waals surface area (Å²) < 4.78 is 31.2. The molecule has 0 N–H and O–H groups in total. The number of nitrogens with zero attached hydrogens (tertiary/aromatic N) is 1. The summed E-state index contributed by atoms with van der Waals surface area (Å²) in [5.74, 6) is 0. The van der Waals surface area contributed by atoms with Crippen LogP contribution >= 0.6 is 0 Å². The molecule has 1 nitrogen and oxygen atoms in total. The lowest BCUT2D eigenvalue weighted by molar-refractivity contribution is 0.547. The summed E-state index contributed by atoms with van der Waals surface area (Å²) in [6.07, 6.45) is 0.534. The van der Waals surface area contributed by atoms with E-state index in [4.69, 9.17) is 0 Å². The van der Waals surface area contributed by atoms with Crippen molar-refractivity contribution in [3.05, 3.63) is 29.8 Å². The summed E-state index contributed by atoms with van der Waals surface area (Å²) in [6.45, 7) is 11.5. The summed E-state index contributed by atoms with van der Waals surface area (Å²) in [5, 5.41) is 0. The number of benzene rings is 1. The van der Waals surface area contributed by atoms with Crippen LogP contribution in [0.15, 0.2) is 24.3 Å². The summed E-state index contributed by atoms with van der Waals surface area (Å²) in [6, 6.07) is 7.53. The van der Waals surface area contributed by atoms with Crippen LogP contribution < -0.4 is 4.23 Å². The zero-order valence-electron chi connectivity index (χ0n) is 12.8. The molecule has 1 rings (SSSR count). The summed E-state index contributed by atoms with van der Waals surface area (Å²) in [7, 11) is -6.55. The van der Waals surface area contributed by atoms with Gasteiger partial charge in [-0.15, -0.1) is 0 Å². The smallest absolute Gasteiger partial charge is 0.376 e. The molecule has 1 atom stereocenters. The molecule has 0 aliphatic carbocycles. The molecule has 0 amide bonds. The van der Waals surface area contributed by atoms with Crippen LogP contribution in [-0.4, -0.2) is 17.1 Å². The molecule has 5 heteroatoms. The summed E-state index contributed by atoms with van der Waals surface area (Å²) >= 11 is 0. The van der Waals surface area contributed by atoms with Gasteiger partial charge in [0.25, 0.3) is 0 Å². The Labute approximate surface area is 118 Å². The molecule has 0 aromatic heterocycles. The number of anilines is 1. The maximum absolute atomic E-state index is 14.9. The van der Waals surface area contributed by atoms with Gasteiger partial charge in [-0.1, -0.05) is 51.2 Å². The molecule has 0 saturated carbocycles. The van der Waals surface area contributed by atoms with E-state index in [1.54, 1.807) is 6.92 Å². The van der Waals surface area contributed by atoms with E-state index in [0.717, 1.165) is 5.56 Å². The Kier molecular flexibility index (Phi) is 4.95. The highest BCUT2D eigenvalue weighted by molar-refractivity contribution is 6.95. The molecule has 0 saturated heterocycles. The zero-order valence-corrected chi connectivity index (χ0v) is 14.8. The fraction of sp³-hybridized carbons (Fsp3) is 0.571. The maximum Gasteiger partial charge on any atom is 0.531 e. The first-order valence-electron chi connectivity index (χ1n) is 6.85. The maximum atomic E-state index is 14.9. The Morgan fingerprint density at radius 2 is 1.58 bits per heavy atom. The van der Waals surface area contributed by atoms with Gasteiger partial charge in [0.15, 0.2) is 0 Å². The van der Waals surface area contributed by atoms with Gasteiger partial charge in [0.1, 0.15) is 8.24 Å². The Bertz CT molecular complexity index is 412. The predicted molar refractivity (Wildman–Crippen MR) is 84.7 cm³/mol. The van der Waals surface area contributed by atoms with E-state index in [-0.39, 0.29) is 0 Å². The third kappa shape index (κ3) is 3.66. The third-order valence-corrected chi connectivity index (χ3v) is 10.4. The normalized spacial score (nSPS) is 14.3.